The van der Waals surface area contributed by atoms with E-state index in [-0.39, 0.29) is 10.9 Å². The number of hydrogen-bond donors (Lipinski definition) is 1. The van der Waals surface area contributed by atoms with E-state index >= 15 is 0 Å². The second kappa shape index (κ2) is 3.10. The lowest BCUT2D eigenvalue weighted by Gasteiger charge is -2.34. The Labute approximate surface area is 67.9 Å². The van der Waals surface area contributed by atoms with Crippen molar-refractivity contribution in [1.29, 1.82) is 0 Å². The predicted molar refractivity (Wildman–Crippen MR) is 45.3 cm³/mol. The number of rotatable bonds is 1. The number of hydrogen-bond acceptors (Lipinski definition) is 1. The van der Waals surface area contributed by atoms with Gasteiger partial charge in [-0.15, -0.1) is 11.6 Å². The Balaban J connectivity index is 2.48. The van der Waals surface area contributed by atoms with Gasteiger partial charge in [0.2, 0.25) is 0 Å². The first-order valence-corrected chi connectivity index (χ1v) is 4.47. The van der Waals surface area contributed by atoms with E-state index in [1.807, 2.05) is 6.92 Å². The summed E-state index contributed by atoms with van der Waals surface area (Å²) in [6.45, 7) is 2.01. The molecule has 0 saturated heterocycles. The van der Waals surface area contributed by atoms with Gasteiger partial charge in [-0.2, -0.15) is 0 Å². The van der Waals surface area contributed by atoms with Crippen molar-refractivity contribution < 1.29 is 0 Å². The Kier molecular flexibility index (Phi) is 2.59. The van der Waals surface area contributed by atoms with Crippen LogP contribution in [-0.4, -0.2) is 10.9 Å². The Bertz CT molecular complexity index is 106. The van der Waals surface area contributed by atoms with E-state index < -0.39 is 0 Å². The smallest absolute Gasteiger partial charge is 0.0594 e. The second-order valence-electron chi connectivity index (χ2n) is 3.38. The molecule has 1 unspecified atom stereocenters. The van der Waals surface area contributed by atoms with Crippen molar-refractivity contribution in [3.05, 3.63) is 0 Å². The summed E-state index contributed by atoms with van der Waals surface area (Å²) in [6, 6.07) is 0.148. The van der Waals surface area contributed by atoms with Gasteiger partial charge >= 0.3 is 0 Å². The molecule has 10 heavy (non-hydrogen) atoms. The zero-order chi connectivity index (χ0) is 7.61. The fourth-order valence-corrected chi connectivity index (χ4v) is 1.86. The summed E-state index contributed by atoms with van der Waals surface area (Å²) in [5.41, 5.74) is 5.77. The molecule has 0 amide bonds. The molecule has 0 aliphatic heterocycles. The van der Waals surface area contributed by atoms with Crippen molar-refractivity contribution in [1.82, 2.24) is 0 Å². The summed E-state index contributed by atoms with van der Waals surface area (Å²) in [5, 5.41) is 0. The lowest BCUT2D eigenvalue weighted by atomic mass is 9.84. The monoisotopic (exact) mass is 161 g/mol. The first-order valence-electron chi connectivity index (χ1n) is 4.10. The molecule has 0 aromatic rings. The van der Waals surface area contributed by atoms with Gasteiger partial charge in [-0.25, -0.2) is 0 Å². The number of alkyl halides is 1. The van der Waals surface area contributed by atoms with Crippen LogP contribution < -0.4 is 5.73 Å². The summed E-state index contributed by atoms with van der Waals surface area (Å²) in [5.74, 6) is 0. The molecule has 0 bridgehead atoms. The fourth-order valence-electron chi connectivity index (χ4n) is 1.59. The maximum Gasteiger partial charge on any atom is 0.0594 e. The molecular formula is C8H16ClN. The maximum absolute atomic E-state index is 6.28. The van der Waals surface area contributed by atoms with Crippen LogP contribution in [0.1, 0.15) is 39.0 Å². The summed E-state index contributed by atoms with van der Waals surface area (Å²) in [7, 11) is 0. The van der Waals surface area contributed by atoms with Gasteiger partial charge in [0.25, 0.3) is 0 Å². The molecule has 0 radical (unpaired) electrons. The summed E-state index contributed by atoms with van der Waals surface area (Å²) >= 11 is 6.28. The predicted octanol–water partition coefficient (Wildman–Crippen LogP) is 2.28. The maximum atomic E-state index is 6.28. The Morgan fingerprint density at radius 3 is 2.10 bits per heavy atom. The molecule has 1 atom stereocenters. The lowest BCUT2D eigenvalue weighted by molar-refractivity contribution is 0.347. The van der Waals surface area contributed by atoms with Crippen molar-refractivity contribution in [3.63, 3.8) is 0 Å². The lowest BCUT2D eigenvalue weighted by Crippen LogP contribution is -2.42. The highest BCUT2D eigenvalue weighted by Gasteiger charge is 2.32. The minimum atomic E-state index is -0.0712. The summed E-state index contributed by atoms with van der Waals surface area (Å²) < 4.78 is 0. The number of halogens is 1. The average molecular weight is 162 g/mol. The van der Waals surface area contributed by atoms with E-state index in [1.165, 1.54) is 19.3 Å². The molecule has 2 N–H and O–H groups in total. The zero-order valence-electron chi connectivity index (χ0n) is 6.57. The molecule has 0 spiro atoms. The molecule has 2 heteroatoms. The van der Waals surface area contributed by atoms with Crippen LogP contribution in [0.5, 0.6) is 0 Å². The van der Waals surface area contributed by atoms with Crippen LogP contribution in [0.2, 0.25) is 0 Å². The topological polar surface area (TPSA) is 26.0 Å². The Morgan fingerprint density at radius 1 is 1.30 bits per heavy atom. The van der Waals surface area contributed by atoms with Gasteiger partial charge in [-0.05, 0) is 19.8 Å². The molecule has 1 nitrogen and oxygen atoms in total. The van der Waals surface area contributed by atoms with E-state index in [0.717, 1.165) is 12.8 Å². The molecule has 0 aromatic heterocycles. The van der Waals surface area contributed by atoms with Gasteiger partial charge in [0, 0.05) is 6.04 Å². The van der Waals surface area contributed by atoms with E-state index in [0.29, 0.717) is 0 Å². The van der Waals surface area contributed by atoms with Crippen LogP contribution in [0.15, 0.2) is 0 Å². The van der Waals surface area contributed by atoms with Crippen LogP contribution in [-0.2, 0) is 0 Å². The molecule has 0 aromatic carbocycles. The standard InChI is InChI=1S/C8H16ClN/c1-7(10)8(9)5-3-2-4-6-8/h7H,2-6,10H2,1H3. The van der Waals surface area contributed by atoms with Gasteiger partial charge in [0.15, 0.2) is 0 Å². The van der Waals surface area contributed by atoms with E-state index in [2.05, 4.69) is 0 Å². The van der Waals surface area contributed by atoms with Crippen molar-refractivity contribution >= 4 is 11.6 Å². The van der Waals surface area contributed by atoms with Crippen LogP contribution in [0.25, 0.3) is 0 Å². The zero-order valence-corrected chi connectivity index (χ0v) is 7.32. The van der Waals surface area contributed by atoms with Gasteiger partial charge in [-0.1, -0.05) is 19.3 Å². The summed E-state index contributed by atoms with van der Waals surface area (Å²) in [4.78, 5) is -0.0712. The van der Waals surface area contributed by atoms with Gasteiger partial charge in [-0.3, -0.25) is 0 Å². The van der Waals surface area contributed by atoms with E-state index in [9.17, 15) is 0 Å². The molecule has 1 rings (SSSR count). The van der Waals surface area contributed by atoms with E-state index in [4.69, 9.17) is 17.3 Å². The molecule has 1 saturated carbocycles. The highest BCUT2D eigenvalue weighted by molar-refractivity contribution is 6.24. The normalized spacial score (nSPS) is 27.9. The highest BCUT2D eigenvalue weighted by atomic mass is 35.5. The minimum Gasteiger partial charge on any atom is -0.326 e. The van der Waals surface area contributed by atoms with E-state index in [1.54, 1.807) is 0 Å². The van der Waals surface area contributed by atoms with Crippen molar-refractivity contribution in [3.8, 4) is 0 Å². The first-order chi connectivity index (χ1) is 4.65. The second-order valence-corrected chi connectivity index (χ2v) is 4.14. The third-order valence-electron chi connectivity index (χ3n) is 2.50. The third kappa shape index (κ3) is 1.64. The highest BCUT2D eigenvalue weighted by Crippen LogP contribution is 2.35. The van der Waals surface area contributed by atoms with Gasteiger partial charge in [0.1, 0.15) is 0 Å². The van der Waals surface area contributed by atoms with Crippen molar-refractivity contribution in [2.75, 3.05) is 0 Å². The van der Waals surface area contributed by atoms with Gasteiger partial charge in [0.05, 0.1) is 4.87 Å². The van der Waals surface area contributed by atoms with Crippen LogP contribution in [0.4, 0.5) is 0 Å². The summed E-state index contributed by atoms with van der Waals surface area (Å²) in [6.07, 6.45) is 6.05. The molecule has 60 valence electrons. The third-order valence-corrected chi connectivity index (χ3v) is 3.22. The average Bonchev–Trinajstić information content (AvgIpc) is 1.89. The van der Waals surface area contributed by atoms with Crippen molar-refractivity contribution in [2.24, 2.45) is 5.73 Å². The molecule has 0 heterocycles. The van der Waals surface area contributed by atoms with Gasteiger partial charge < -0.3 is 5.73 Å². The quantitative estimate of drug-likeness (QED) is 0.587. The largest absolute Gasteiger partial charge is 0.326 e. The fraction of sp³-hybridized carbons (Fsp3) is 1.00. The SMILES string of the molecule is CC(N)C1(Cl)CCCCC1. The van der Waals surface area contributed by atoms with Crippen LogP contribution in [0, 0.1) is 0 Å². The van der Waals surface area contributed by atoms with Crippen LogP contribution in [0.3, 0.4) is 0 Å². The molecular weight excluding hydrogens is 146 g/mol. The number of nitrogens with two attached hydrogens (primary N) is 1. The molecule has 1 fully saturated rings. The van der Waals surface area contributed by atoms with Crippen LogP contribution >= 0.6 is 11.6 Å². The van der Waals surface area contributed by atoms with Crippen molar-refractivity contribution in [2.45, 2.75) is 49.9 Å². The minimum absolute atomic E-state index is 0.0712. The first kappa shape index (κ1) is 8.35. The Morgan fingerprint density at radius 2 is 1.80 bits per heavy atom. The molecule has 1 aliphatic rings. The Hall–Kier alpha value is 0.250. The molecule has 1 aliphatic carbocycles.